The minimum Gasteiger partial charge on any atom is -0.481 e. The average molecular weight is 320 g/mol. The molecule has 0 amide bonds. The molecule has 3 nitrogen and oxygen atoms in total. The Morgan fingerprint density at radius 1 is 1.39 bits per heavy atom. The predicted octanol–water partition coefficient (Wildman–Crippen LogP) is 4.57. The number of carboxylic acid groups (broad SMARTS) is 1. The van der Waals surface area contributed by atoms with Gasteiger partial charge in [-0.05, 0) is 69.6 Å². The van der Waals surface area contributed by atoms with Crippen molar-refractivity contribution >= 4 is 5.97 Å². The second kappa shape index (κ2) is 6.80. The van der Waals surface area contributed by atoms with Gasteiger partial charge in [0, 0.05) is 0 Å². The molecule has 0 heterocycles. The van der Waals surface area contributed by atoms with Gasteiger partial charge in [-0.2, -0.15) is 0 Å². The van der Waals surface area contributed by atoms with E-state index in [4.69, 9.17) is 5.11 Å². The zero-order chi connectivity index (χ0) is 17.3. The molecule has 0 aliphatic heterocycles. The molecule has 0 aromatic carbocycles. The molecule has 3 heteroatoms. The van der Waals surface area contributed by atoms with Gasteiger partial charge in [0.15, 0.2) is 0 Å². The Hall–Kier alpha value is -1.09. The van der Waals surface area contributed by atoms with E-state index in [2.05, 4.69) is 20.4 Å². The SMILES string of the molecule is C=C1CCC2[C@](C)(CCC[C@]2(C)C(=O)O)C1CCC(C)=CCO. The second-order valence-electron chi connectivity index (χ2n) is 8.16. The number of rotatable bonds is 5. The molecule has 23 heavy (non-hydrogen) atoms. The number of fused-ring (bicyclic) bond motifs is 1. The predicted molar refractivity (Wildman–Crippen MR) is 93.1 cm³/mol. The van der Waals surface area contributed by atoms with Crippen LogP contribution < -0.4 is 0 Å². The van der Waals surface area contributed by atoms with Gasteiger partial charge in [0.05, 0.1) is 12.0 Å². The number of allylic oxidation sites excluding steroid dienone is 2. The third kappa shape index (κ3) is 3.26. The van der Waals surface area contributed by atoms with Crippen LogP contribution >= 0.6 is 0 Å². The van der Waals surface area contributed by atoms with Gasteiger partial charge in [0.2, 0.25) is 0 Å². The van der Waals surface area contributed by atoms with Crippen molar-refractivity contribution in [3.05, 3.63) is 23.8 Å². The van der Waals surface area contributed by atoms with E-state index in [-0.39, 0.29) is 17.9 Å². The molecule has 0 bridgehead atoms. The van der Waals surface area contributed by atoms with Crippen molar-refractivity contribution in [2.24, 2.45) is 22.7 Å². The minimum absolute atomic E-state index is 0.0419. The van der Waals surface area contributed by atoms with Crippen LogP contribution in [0.3, 0.4) is 0 Å². The van der Waals surface area contributed by atoms with Gasteiger partial charge >= 0.3 is 5.97 Å². The van der Waals surface area contributed by atoms with Crippen molar-refractivity contribution in [3.8, 4) is 0 Å². The minimum atomic E-state index is -0.629. The molecule has 2 unspecified atom stereocenters. The fraction of sp³-hybridized carbons (Fsp3) is 0.750. The zero-order valence-corrected chi connectivity index (χ0v) is 14.9. The van der Waals surface area contributed by atoms with Crippen LogP contribution in [-0.4, -0.2) is 22.8 Å². The smallest absolute Gasteiger partial charge is 0.309 e. The number of aliphatic hydroxyl groups excluding tert-OH is 1. The Morgan fingerprint density at radius 3 is 2.70 bits per heavy atom. The van der Waals surface area contributed by atoms with Gasteiger partial charge in [0.1, 0.15) is 0 Å². The number of aliphatic carboxylic acids is 1. The van der Waals surface area contributed by atoms with E-state index in [0.29, 0.717) is 5.92 Å². The molecular formula is C20H32O3. The first-order valence-corrected chi connectivity index (χ1v) is 8.93. The van der Waals surface area contributed by atoms with Gasteiger partial charge in [-0.25, -0.2) is 0 Å². The van der Waals surface area contributed by atoms with E-state index in [1.807, 2.05) is 13.0 Å². The largest absolute Gasteiger partial charge is 0.481 e. The first-order chi connectivity index (χ1) is 10.8. The number of hydrogen-bond acceptors (Lipinski definition) is 2. The Labute approximate surface area is 140 Å². The van der Waals surface area contributed by atoms with Crippen LogP contribution in [0, 0.1) is 22.7 Å². The first kappa shape index (κ1) is 18.3. The highest BCUT2D eigenvalue weighted by atomic mass is 16.4. The third-order valence-corrected chi connectivity index (χ3v) is 6.78. The summed E-state index contributed by atoms with van der Waals surface area (Å²) in [5.74, 6) is -0.00260. The van der Waals surface area contributed by atoms with E-state index in [0.717, 1.165) is 44.9 Å². The summed E-state index contributed by atoms with van der Waals surface area (Å²) in [6, 6.07) is 0. The summed E-state index contributed by atoms with van der Waals surface area (Å²) < 4.78 is 0. The van der Waals surface area contributed by atoms with Gasteiger partial charge in [-0.15, -0.1) is 0 Å². The van der Waals surface area contributed by atoms with E-state index in [1.54, 1.807) is 0 Å². The molecule has 0 saturated heterocycles. The topological polar surface area (TPSA) is 57.5 Å². The molecule has 2 N–H and O–H groups in total. The lowest BCUT2D eigenvalue weighted by atomic mass is 9.46. The number of hydrogen-bond donors (Lipinski definition) is 2. The molecule has 130 valence electrons. The molecule has 2 fully saturated rings. The average Bonchev–Trinajstić information content (AvgIpc) is 2.46. The first-order valence-electron chi connectivity index (χ1n) is 8.93. The van der Waals surface area contributed by atoms with Crippen molar-refractivity contribution in [1.82, 2.24) is 0 Å². The lowest BCUT2D eigenvalue weighted by Crippen LogP contribution is -2.53. The molecule has 2 rings (SSSR count). The summed E-state index contributed by atoms with van der Waals surface area (Å²) in [4.78, 5) is 12.0. The standard InChI is InChI=1S/C20H32O3/c1-14(10-13-21)6-8-16-15(2)7-9-17-19(16,3)11-5-12-20(17,4)18(22)23/h10,16-17,21H,2,5-9,11-13H2,1,3-4H3,(H,22,23)/t16?,17?,19-,20+/m1/s1. The monoisotopic (exact) mass is 320 g/mol. The molecule has 2 aliphatic carbocycles. The van der Waals surface area contributed by atoms with Crippen LogP contribution in [0.1, 0.15) is 65.7 Å². The van der Waals surface area contributed by atoms with Crippen LogP contribution in [0.5, 0.6) is 0 Å². The molecule has 0 radical (unpaired) electrons. The Kier molecular flexibility index (Phi) is 5.40. The maximum atomic E-state index is 12.0. The molecular weight excluding hydrogens is 288 g/mol. The molecule has 4 atom stereocenters. The van der Waals surface area contributed by atoms with Crippen LogP contribution in [0.2, 0.25) is 0 Å². The van der Waals surface area contributed by atoms with E-state index >= 15 is 0 Å². The zero-order valence-electron chi connectivity index (χ0n) is 14.9. The van der Waals surface area contributed by atoms with Gasteiger partial charge < -0.3 is 10.2 Å². The summed E-state index contributed by atoms with van der Waals surface area (Å²) in [6.45, 7) is 10.7. The van der Waals surface area contributed by atoms with E-state index in [9.17, 15) is 9.90 Å². The van der Waals surface area contributed by atoms with Gasteiger partial charge in [-0.1, -0.05) is 37.1 Å². The fourth-order valence-corrected chi connectivity index (χ4v) is 5.37. The van der Waals surface area contributed by atoms with E-state index in [1.165, 1.54) is 11.1 Å². The summed E-state index contributed by atoms with van der Waals surface area (Å²) in [5, 5.41) is 18.9. The quantitative estimate of drug-likeness (QED) is 0.730. The summed E-state index contributed by atoms with van der Waals surface area (Å²) in [5.41, 5.74) is 1.96. The lowest BCUT2D eigenvalue weighted by molar-refractivity contribution is -0.164. The van der Waals surface area contributed by atoms with Crippen molar-refractivity contribution in [2.75, 3.05) is 6.61 Å². The fourth-order valence-electron chi connectivity index (χ4n) is 5.37. The highest BCUT2D eigenvalue weighted by Crippen LogP contribution is 2.62. The van der Waals surface area contributed by atoms with Crippen molar-refractivity contribution in [3.63, 3.8) is 0 Å². The maximum absolute atomic E-state index is 12.0. The number of carboxylic acids is 1. The molecule has 0 spiro atoms. The number of aliphatic hydroxyl groups is 1. The lowest BCUT2D eigenvalue weighted by Gasteiger charge is -2.57. The highest BCUT2D eigenvalue weighted by molar-refractivity contribution is 5.75. The van der Waals surface area contributed by atoms with Crippen molar-refractivity contribution in [1.29, 1.82) is 0 Å². The van der Waals surface area contributed by atoms with E-state index < -0.39 is 11.4 Å². The summed E-state index contributed by atoms with van der Waals surface area (Å²) in [6.07, 6.45) is 8.65. The number of carbonyl (C=O) groups is 1. The maximum Gasteiger partial charge on any atom is 0.309 e. The highest BCUT2D eigenvalue weighted by Gasteiger charge is 2.57. The molecule has 0 aromatic heterocycles. The molecule has 0 aromatic rings. The third-order valence-electron chi connectivity index (χ3n) is 6.78. The van der Waals surface area contributed by atoms with Gasteiger partial charge in [-0.3, -0.25) is 4.79 Å². The summed E-state index contributed by atoms with van der Waals surface area (Å²) >= 11 is 0. The normalized spacial score (nSPS) is 38.3. The van der Waals surface area contributed by atoms with Crippen molar-refractivity contribution < 1.29 is 15.0 Å². The second-order valence-corrected chi connectivity index (χ2v) is 8.16. The molecule has 2 saturated carbocycles. The van der Waals surface area contributed by atoms with Gasteiger partial charge in [0.25, 0.3) is 0 Å². The van der Waals surface area contributed by atoms with Crippen molar-refractivity contribution in [2.45, 2.75) is 65.7 Å². The summed E-state index contributed by atoms with van der Waals surface area (Å²) in [7, 11) is 0. The van der Waals surface area contributed by atoms with Crippen LogP contribution in [0.4, 0.5) is 0 Å². The van der Waals surface area contributed by atoms with Crippen LogP contribution in [0.15, 0.2) is 23.8 Å². The van der Waals surface area contributed by atoms with Crippen LogP contribution in [-0.2, 0) is 4.79 Å². The Morgan fingerprint density at radius 2 is 2.09 bits per heavy atom. The Bertz CT molecular complexity index is 507. The molecule has 2 aliphatic rings. The van der Waals surface area contributed by atoms with Crippen LogP contribution in [0.25, 0.3) is 0 Å². The Balaban J connectivity index is 2.26.